The summed E-state index contributed by atoms with van der Waals surface area (Å²) in [7, 11) is 0. The third-order valence-corrected chi connectivity index (χ3v) is 2.99. The van der Waals surface area contributed by atoms with E-state index in [0.717, 1.165) is 17.8 Å². The normalized spacial score (nSPS) is 13.3. The summed E-state index contributed by atoms with van der Waals surface area (Å²) in [6.07, 6.45) is -3.26. The van der Waals surface area contributed by atoms with Gasteiger partial charge in [-0.3, -0.25) is 0 Å². The molecule has 21 heavy (non-hydrogen) atoms. The Hall–Kier alpha value is -2.44. The summed E-state index contributed by atoms with van der Waals surface area (Å²) >= 11 is 0. The van der Waals surface area contributed by atoms with Gasteiger partial charge in [-0.2, -0.15) is 13.2 Å². The molecule has 1 N–H and O–H groups in total. The minimum absolute atomic E-state index is 0.203. The molecule has 1 aliphatic rings. The number of ether oxygens (including phenoxy) is 2. The highest BCUT2D eigenvalue weighted by Crippen LogP contribution is 2.32. The van der Waals surface area contributed by atoms with E-state index in [9.17, 15) is 13.2 Å². The van der Waals surface area contributed by atoms with Crippen molar-refractivity contribution in [3.8, 4) is 11.5 Å². The number of nitrogens with one attached hydrogen (secondary N) is 1. The van der Waals surface area contributed by atoms with Crippen LogP contribution in [-0.2, 0) is 12.7 Å². The van der Waals surface area contributed by atoms with Gasteiger partial charge in [0.1, 0.15) is 5.69 Å². The Morgan fingerprint density at radius 1 is 1.10 bits per heavy atom. The molecule has 1 aromatic heterocycles. The lowest BCUT2D eigenvalue weighted by molar-refractivity contribution is -0.141. The smallest absolute Gasteiger partial charge is 0.433 e. The van der Waals surface area contributed by atoms with Gasteiger partial charge in [-0.1, -0.05) is 6.07 Å². The first kappa shape index (κ1) is 13.5. The fraction of sp³-hybridized carbons (Fsp3) is 0.214. The highest BCUT2D eigenvalue weighted by atomic mass is 19.4. The van der Waals surface area contributed by atoms with Gasteiger partial charge in [0.15, 0.2) is 11.5 Å². The van der Waals surface area contributed by atoms with Crippen molar-refractivity contribution in [1.82, 2.24) is 4.98 Å². The number of hydrogen-bond donors (Lipinski definition) is 1. The maximum Gasteiger partial charge on any atom is 0.433 e. The number of anilines is 1. The van der Waals surface area contributed by atoms with Gasteiger partial charge in [-0.05, 0) is 29.8 Å². The van der Waals surface area contributed by atoms with E-state index in [4.69, 9.17) is 9.47 Å². The molecule has 7 heteroatoms. The molecule has 0 saturated heterocycles. The van der Waals surface area contributed by atoms with Crippen LogP contribution in [0.15, 0.2) is 36.5 Å². The molecule has 0 amide bonds. The Bertz CT molecular complexity index is 642. The molecule has 0 bridgehead atoms. The number of aromatic nitrogens is 1. The highest BCUT2D eigenvalue weighted by Gasteiger charge is 2.31. The second-order valence-electron chi connectivity index (χ2n) is 4.47. The standard InChI is InChI=1S/C14H11F3N2O2/c15-14(16,17)13-4-2-10(7-19-13)18-6-9-1-3-11-12(5-9)21-8-20-11/h1-5,7,18H,6,8H2. The molecule has 4 nitrogen and oxygen atoms in total. The molecule has 0 fully saturated rings. The number of pyridine rings is 1. The number of nitrogens with zero attached hydrogens (tertiary/aromatic N) is 1. The molecule has 2 aromatic rings. The van der Waals surface area contributed by atoms with E-state index in [0.29, 0.717) is 23.7 Å². The summed E-state index contributed by atoms with van der Waals surface area (Å²) < 4.78 is 47.6. The monoisotopic (exact) mass is 296 g/mol. The van der Waals surface area contributed by atoms with Gasteiger partial charge in [0.05, 0.1) is 11.9 Å². The van der Waals surface area contributed by atoms with Gasteiger partial charge in [0.25, 0.3) is 0 Å². The van der Waals surface area contributed by atoms with Crippen LogP contribution >= 0.6 is 0 Å². The van der Waals surface area contributed by atoms with Crippen molar-refractivity contribution < 1.29 is 22.6 Å². The van der Waals surface area contributed by atoms with Crippen molar-refractivity contribution in [1.29, 1.82) is 0 Å². The molecular formula is C14H11F3N2O2. The topological polar surface area (TPSA) is 43.4 Å². The third kappa shape index (κ3) is 3.01. The van der Waals surface area contributed by atoms with Crippen LogP contribution in [0.1, 0.15) is 11.3 Å². The molecule has 1 aromatic carbocycles. The molecule has 0 atom stereocenters. The van der Waals surface area contributed by atoms with Crippen LogP contribution in [0, 0.1) is 0 Å². The first-order valence-corrected chi connectivity index (χ1v) is 6.18. The van der Waals surface area contributed by atoms with Crippen LogP contribution in [0.5, 0.6) is 11.5 Å². The van der Waals surface area contributed by atoms with Gasteiger partial charge >= 0.3 is 6.18 Å². The van der Waals surface area contributed by atoms with Crippen LogP contribution < -0.4 is 14.8 Å². The van der Waals surface area contributed by atoms with Crippen molar-refractivity contribution >= 4 is 5.69 Å². The van der Waals surface area contributed by atoms with Crippen LogP contribution in [0.2, 0.25) is 0 Å². The molecule has 0 saturated carbocycles. The van der Waals surface area contributed by atoms with Crippen LogP contribution in [0.4, 0.5) is 18.9 Å². The fourth-order valence-electron chi connectivity index (χ4n) is 1.92. The number of benzene rings is 1. The molecule has 0 radical (unpaired) electrons. The van der Waals surface area contributed by atoms with Gasteiger partial charge in [-0.25, -0.2) is 4.98 Å². The molecule has 1 aliphatic heterocycles. The van der Waals surface area contributed by atoms with Crippen molar-refractivity contribution in [2.45, 2.75) is 12.7 Å². The number of halogens is 3. The van der Waals surface area contributed by atoms with Crippen molar-refractivity contribution in [2.24, 2.45) is 0 Å². The van der Waals surface area contributed by atoms with Crippen LogP contribution in [-0.4, -0.2) is 11.8 Å². The van der Waals surface area contributed by atoms with E-state index < -0.39 is 11.9 Å². The maximum absolute atomic E-state index is 12.4. The molecule has 110 valence electrons. The van der Waals surface area contributed by atoms with Gasteiger partial charge < -0.3 is 14.8 Å². The van der Waals surface area contributed by atoms with E-state index >= 15 is 0 Å². The average Bonchev–Trinajstić information content (AvgIpc) is 2.92. The summed E-state index contributed by atoms with van der Waals surface area (Å²) in [4.78, 5) is 3.39. The van der Waals surface area contributed by atoms with Gasteiger partial charge in [-0.15, -0.1) is 0 Å². The summed E-state index contributed by atoms with van der Waals surface area (Å²) in [5.41, 5.74) is 0.538. The second kappa shape index (κ2) is 5.16. The lowest BCUT2D eigenvalue weighted by Gasteiger charge is -2.09. The minimum Gasteiger partial charge on any atom is -0.454 e. The molecular weight excluding hydrogens is 285 g/mol. The average molecular weight is 296 g/mol. The van der Waals surface area contributed by atoms with E-state index in [2.05, 4.69) is 10.3 Å². The molecule has 3 rings (SSSR count). The summed E-state index contributed by atoms with van der Waals surface area (Å²) in [5.74, 6) is 1.36. The van der Waals surface area contributed by atoms with Gasteiger partial charge in [0.2, 0.25) is 6.79 Å². The fourth-order valence-corrected chi connectivity index (χ4v) is 1.92. The Kier molecular flexibility index (Phi) is 3.32. The van der Waals surface area contributed by atoms with Crippen molar-refractivity contribution in [3.05, 3.63) is 47.8 Å². The van der Waals surface area contributed by atoms with Gasteiger partial charge in [0, 0.05) is 6.54 Å². The maximum atomic E-state index is 12.4. The first-order valence-electron chi connectivity index (χ1n) is 6.18. The zero-order valence-electron chi connectivity index (χ0n) is 10.8. The van der Waals surface area contributed by atoms with E-state index in [1.165, 1.54) is 6.07 Å². The Balaban J connectivity index is 1.65. The predicted molar refractivity (Wildman–Crippen MR) is 69.1 cm³/mol. The van der Waals surface area contributed by atoms with E-state index in [1.807, 2.05) is 12.1 Å². The molecule has 0 unspecified atom stereocenters. The third-order valence-electron chi connectivity index (χ3n) is 2.99. The van der Waals surface area contributed by atoms with Crippen LogP contribution in [0.25, 0.3) is 0 Å². The Morgan fingerprint density at radius 2 is 1.90 bits per heavy atom. The van der Waals surface area contributed by atoms with Crippen molar-refractivity contribution in [3.63, 3.8) is 0 Å². The number of hydrogen-bond acceptors (Lipinski definition) is 4. The summed E-state index contributed by atoms with van der Waals surface area (Å²) in [5, 5.41) is 3.00. The predicted octanol–water partition coefficient (Wildman–Crippen LogP) is 3.44. The molecule has 0 aliphatic carbocycles. The quantitative estimate of drug-likeness (QED) is 0.942. The lowest BCUT2D eigenvalue weighted by atomic mass is 10.2. The van der Waals surface area contributed by atoms with E-state index in [1.54, 1.807) is 6.07 Å². The zero-order valence-corrected chi connectivity index (χ0v) is 10.8. The largest absolute Gasteiger partial charge is 0.454 e. The SMILES string of the molecule is FC(F)(F)c1ccc(NCc2ccc3c(c2)OCO3)cn1. The number of alkyl halides is 3. The molecule has 2 heterocycles. The van der Waals surface area contributed by atoms with E-state index in [-0.39, 0.29) is 6.79 Å². The number of fused-ring (bicyclic) bond motifs is 1. The number of rotatable bonds is 3. The second-order valence-corrected chi connectivity index (χ2v) is 4.47. The van der Waals surface area contributed by atoms with Crippen LogP contribution in [0.3, 0.4) is 0 Å². The Morgan fingerprint density at radius 3 is 2.62 bits per heavy atom. The summed E-state index contributed by atoms with van der Waals surface area (Å²) in [6, 6.07) is 7.78. The Labute approximate surface area is 118 Å². The molecule has 0 spiro atoms. The summed E-state index contributed by atoms with van der Waals surface area (Å²) in [6.45, 7) is 0.652. The lowest BCUT2D eigenvalue weighted by Crippen LogP contribution is -2.08. The van der Waals surface area contributed by atoms with Crippen molar-refractivity contribution in [2.75, 3.05) is 12.1 Å². The zero-order chi connectivity index (χ0) is 14.9. The highest BCUT2D eigenvalue weighted by molar-refractivity contribution is 5.47. The minimum atomic E-state index is -4.42. The first-order chi connectivity index (χ1) is 10.0.